The second-order valence-corrected chi connectivity index (χ2v) is 16.7. The predicted octanol–water partition coefficient (Wildman–Crippen LogP) is 1.67. The zero-order valence-electron chi connectivity index (χ0n) is 21.1. The molecule has 9 heteroatoms. The van der Waals surface area contributed by atoms with E-state index >= 15 is 0 Å². The van der Waals surface area contributed by atoms with Crippen molar-refractivity contribution in [1.82, 2.24) is 19.6 Å². The van der Waals surface area contributed by atoms with E-state index in [0.717, 1.165) is 0 Å². The van der Waals surface area contributed by atoms with Gasteiger partial charge in [-0.25, -0.2) is 0 Å². The summed E-state index contributed by atoms with van der Waals surface area (Å²) in [7, 11) is 16.4. The Labute approximate surface area is 187 Å². The molecule has 0 rings (SSSR count). The van der Waals surface area contributed by atoms with Gasteiger partial charge in [0, 0.05) is 0 Å². The van der Waals surface area contributed by atoms with Gasteiger partial charge in [-0.3, -0.25) is 0 Å². The van der Waals surface area contributed by atoms with E-state index in [9.17, 15) is 0 Å². The van der Waals surface area contributed by atoms with Crippen molar-refractivity contribution in [3.8, 4) is 0 Å². The molecule has 0 aromatic heterocycles. The monoisotopic (exact) mass is 588 g/mol. The van der Waals surface area contributed by atoms with E-state index in [1.165, 1.54) is 0 Å². The Hall–Kier alpha value is 0.550. The van der Waals surface area contributed by atoms with Gasteiger partial charge < -0.3 is 0 Å². The van der Waals surface area contributed by atoms with Crippen molar-refractivity contribution in [2.75, 3.05) is 82.8 Å². The fourth-order valence-corrected chi connectivity index (χ4v) is 9.93. The van der Waals surface area contributed by atoms with E-state index in [0.29, 0.717) is 26.4 Å². The number of likely N-dealkylation sites (N-methyl/N-ethyl adjacent to an activating group) is 4. The minimum absolute atomic E-state index is 0.244. The van der Waals surface area contributed by atoms with Gasteiger partial charge >= 0.3 is 187 Å². The van der Waals surface area contributed by atoms with Gasteiger partial charge in [0.15, 0.2) is 0 Å². The van der Waals surface area contributed by atoms with Gasteiger partial charge in [0.25, 0.3) is 0 Å². The molecule has 0 aliphatic carbocycles. The Bertz CT molecular complexity index is 350. The third-order valence-electron chi connectivity index (χ3n) is 5.53. The van der Waals surface area contributed by atoms with Crippen LogP contribution >= 0.6 is 0 Å². The molecule has 0 saturated carbocycles. The first kappa shape index (κ1) is 29.6. The maximum absolute atomic E-state index is 6.40. The first-order valence-corrected chi connectivity index (χ1v) is 16.4. The van der Waals surface area contributed by atoms with Crippen LogP contribution in [0.5, 0.6) is 0 Å². The minimum atomic E-state index is -4.42. The molecule has 0 radical (unpaired) electrons. The molecule has 0 heterocycles. The van der Waals surface area contributed by atoms with Crippen LogP contribution in [0.4, 0.5) is 0 Å². The van der Waals surface area contributed by atoms with Crippen LogP contribution in [0.25, 0.3) is 0 Å². The summed E-state index contributed by atoms with van der Waals surface area (Å²) >= 11 is -4.42. The van der Waals surface area contributed by atoms with Gasteiger partial charge in [-0.2, -0.15) is 0 Å². The number of nitrogens with zero attached hydrogens (tertiary/aromatic N) is 4. The maximum atomic E-state index is 6.40. The van der Waals surface area contributed by atoms with E-state index < -0.39 is 21.7 Å². The molecule has 0 spiro atoms. The average Bonchev–Trinajstić information content (AvgIpc) is 2.64. The Kier molecular flexibility index (Phi) is 14.9. The molecule has 29 heavy (non-hydrogen) atoms. The summed E-state index contributed by atoms with van der Waals surface area (Å²) in [6.07, 6.45) is 0. The first-order valence-electron chi connectivity index (χ1n) is 10.5. The van der Waals surface area contributed by atoms with Crippen LogP contribution in [-0.4, -0.2) is 127 Å². The fraction of sp³-hybridized carbons (Fsp3) is 1.00. The third kappa shape index (κ3) is 12.2. The fourth-order valence-electron chi connectivity index (χ4n) is 1.74. The quantitative estimate of drug-likeness (QED) is 0.253. The van der Waals surface area contributed by atoms with Crippen LogP contribution in [0.1, 0.15) is 27.7 Å². The summed E-state index contributed by atoms with van der Waals surface area (Å²) < 4.78 is 25.6. The van der Waals surface area contributed by atoms with Crippen molar-refractivity contribution >= 4 is 0 Å². The average molecular weight is 587 g/mol. The zero-order chi connectivity index (χ0) is 22.8. The molecule has 0 aromatic rings. The van der Waals surface area contributed by atoms with Crippen molar-refractivity contribution < 1.29 is 33.1 Å². The molecule has 8 nitrogen and oxygen atoms in total. The van der Waals surface area contributed by atoms with Crippen LogP contribution in [0.2, 0.25) is 0 Å². The molecule has 0 aromatic carbocycles. The molecule has 4 atom stereocenters. The van der Waals surface area contributed by atoms with Gasteiger partial charge in [-0.05, 0) is 0 Å². The van der Waals surface area contributed by atoms with Gasteiger partial charge in [0.2, 0.25) is 0 Å². The standard InChI is InChI=1S/4C5H12NO.Hf/c4*1-5(4-7)6(2)3;/h4*5H,4H2,1-3H3;/q4*-1;+4. The zero-order valence-corrected chi connectivity index (χ0v) is 24.7. The Morgan fingerprint density at radius 2 is 0.621 bits per heavy atom. The third-order valence-corrected chi connectivity index (χ3v) is 13.0. The second kappa shape index (κ2) is 14.6. The molecule has 0 bridgehead atoms. The Morgan fingerprint density at radius 1 is 0.448 bits per heavy atom. The van der Waals surface area contributed by atoms with Gasteiger partial charge in [0.05, 0.1) is 0 Å². The summed E-state index contributed by atoms with van der Waals surface area (Å²) in [6.45, 7) is 10.6. The molecule has 0 saturated heterocycles. The summed E-state index contributed by atoms with van der Waals surface area (Å²) in [5.74, 6) is 0. The molecule has 0 fully saturated rings. The van der Waals surface area contributed by atoms with E-state index in [4.69, 9.17) is 11.4 Å². The summed E-state index contributed by atoms with van der Waals surface area (Å²) in [6, 6.07) is 0.978. The molecule has 0 aliphatic heterocycles. The molecular weight excluding hydrogens is 539 g/mol. The van der Waals surface area contributed by atoms with Crippen molar-refractivity contribution in [2.24, 2.45) is 0 Å². The van der Waals surface area contributed by atoms with Gasteiger partial charge in [0.1, 0.15) is 0 Å². The molecular formula is C20H48HfN4O4. The summed E-state index contributed by atoms with van der Waals surface area (Å²) in [5.41, 5.74) is 0. The van der Waals surface area contributed by atoms with Crippen LogP contribution in [0, 0.1) is 0 Å². The topological polar surface area (TPSA) is 49.9 Å². The van der Waals surface area contributed by atoms with Crippen molar-refractivity contribution in [1.29, 1.82) is 0 Å². The van der Waals surface area contributed by atoms with Crippen molar-refractivity contribution in [3.63, 3.8) is 0 Å². The number of hydrogen-bond donors (Lipinski definition) is 0. The predicted molar refractivity (Wildman–Crippen MR) is 116 cm³/mol. The van der Waals surface area contributed by atoms with Crippen LogP contribution < -0.4 is 0 Å². The van der Waals surface area contributed by atoms with E-state index in [-0.39, 0.29) is 24.2 Å². The SMILES string of the molecule is CC(C[O][Hf]([O]CC(C)N(C)C)([O]CC(C)N(C)C)[O]CC(C)N(C)C)N(C)C. The van der Waals surface area contributed by atoms with Gasteiger partial charge in [-0.15, -0.1) is 0 Å². The normalized spacial score (nSPS) is 19.0. The van der Waals surface area contributed by atoms with Gasteiger partial charge in [-0.1, -0.05) is 0 Å². The summed E-state index contributed by atoms with van der Waals surface area (Å²) in [4.78, 5) is 8.52. The second-order valence-electron chi connectivity index (χ2n) is 8.99. The van der Waals surface area contributed by atoms with E-state index in [1.807, 2.05) is 56.4 Å². The van der Waals surface area contributed by atoms with Crippen LogP contribution in [0.15, 0.2) is 0 Å². The van der Waals surface area contributed by atoms with Crippen LogP contribution in [0.3, 0.4) is 0 Å². The number of hydrogen-bond acceptors (Lipinski definition) is 8. The molecule has 176 valence electrons. The first-order chi connectivity index (χ1) is 13.3. The Balaban J connectivity index is 5.47. The molecule has 0 amide bonds. The summed E-state index contributed by atoms with van der Waals surface area (Å²) in [5, 5.41) is 0. The number of rotatable bonds is 16. The molecule has 4 unspecified atom stereocenters. The molecule has 0 N–H and O–H groups in total. The Morgan fingerprint density at radius 3 is 0.759 bits per heavy atom. The van der Waals surface area contributed by atoms with Crippen molar-refractivity contribution in [2.45, 2.75) is 51.9 Å². The van der Waals surface area contributed by atoms with Crippen molar-refractivity contribution in [3.05, 3.63) is 0 Å². The van der Waals surface area contributed by atoms with E-state index in [1.54, 1.807) is 0 Å². The van der Waals surface area contributed by atoms with Crippen LogP contribution in [-0.2, 0) is 33.1 Å². The van der Waals surface area contributed by atoms with E-state index in [2.05, 4.69) is 47.3 Å². The molecule has 0 aliphatic rings.